The van der Waals surface area contributed by atoms with Crippen molar-refractivity contribution < 1.29 is 0 Å². The lowest BCUT2D eigenvalue weighted by Gasteiger charge is -2.24. The minimum absolute atomic E-state index is 0.989. The molecule has 1 aromatic carbocycles. The fraction of sp³-hybridized carbons (Fsp3) is 0.100. The molecule has 1 aromatic rings. The van der Waals surface area contributed by atoms with Crippen molar-refractivity contribution in [2.24, 2.45) is 0 Å². The van der Waals surface area contributed by atoms with Crippen LogP contribution in [-0.4, -0.2) is 6.66 Å². The van der Waals surface area contributed by atoms with E-state index < -0.39 is 7.26 Å². The first-order valence-electron chi connectivity index (χ1n) is 7.15. The maximum Gasteiger partial charge on any atom is 0.109 e. The van der Waals surface area contributed by atoms with Crippen molar-refractivity contribution >= 4 is 12.6 Å². The van der Waals surface area contributed by atoms with Gasteiger partial charge in [0.05, 0.1) is 6.66 Å². The zero-order valence-corrected chi connectivity index (χ0v) is 13.5. The summed E-state index contributed by atoms with van der Waals surface area (Å²) in [5.74, 6) is 0. The van der Waals surface area contributed by atoms with Crippen LogP contribution in [-0.2, 0) is 0 Å². The predicted molar refractivity (Wildman–Crippen MR) is 98.4 cm³/mol. The zero-order valence-electron chi connectivity index (χ0n) is 12.6. The Morgan fingerprint density at radius 2 is 1.90 bits per heavy atom. The smallest absolute Gasteiger partial charge is 0.0989 e. The van der Waals surface area contributed by atoms with E-state index in [4.69, 9.17) is 0 Å². The Balaban J connectivity index is 2.67. The van der Waals surface area contributed by atoms with Crippen LogP contribution in [0.25, 0.3) is 0 Å². The van der Waals surface area contributed by atoms with Gasteiger partial charge in [-0.2, -0.15) is 0 Å². The third-order valence-corrected chi connectivity index (χ3v) is 7.79. The molecule has 0 radical (unpaired) electrons. The standard InChI is InChI=1S/C20H22P/c1-4-13-18(5-2)21(3,20-16-11-8-12-17-20)19-14-9-6-7-10-15-19/h4-6,8-17H,1-2,7H2,3H3/q+1/b18-13+. The van der Waals surface area contributed by atoms with E-state index in [0.717, 1.165) is 6.42 Å². The van der Waals surface area contributed by atoms with Crippen LogP contribution in [0.2, 0.25) is 0 Å². The van der Waals surface area contributed by atoms with Gasteiger partial charge in [0.1, 0.15) is 23.2 Å². The highest BCUT2D eigenvalue weighted by Crippen LogP contribution is 2.68. The summed E-state index contributed by atoms with van der Waals surface area (Å²) < 4.78 is 0. The van der Waals surface area contributed by atoms with Gasteiger partial charge in [0.2, 0.25) is 0 Å². The Hall–Kier alpha value is -1.91. The van der Waals surface area contributed by atoms with Crippen molar-refractivity contribution in [3.63, 3.8) is 0 Å². The second-order valence-corrected chi connectivity index (χ2v) is 8.59. The van der Waals surface area contributed by atoms with Crippen molar-refractivity contribution in [3.05, 3.63) is 103 Å². The third-order valence-electron chi connectivity index (χ3n) is 3.77. The van der Waals surface area contributed by atoms with Crippen LogP contribution < -0.4 is 5.30 Å². The number of allylic oxidation sites excluding steroid dienone is 10. The Morgan fingerprint density at radius 3 is 2.57 bits per heavy atom. The minimum Gasteiger partial charge on any atom is -0.0989 e. The minimum atomic E-state index is -1.66. The van der Waals surface area contributed by atoms with Crippen molar-refractivity contribution in [2.45, 2.75) is 6.42 Å². The summed E-state index contributed by atoms with van der Waals surface area (Å²) >= 11 is 0. The van der Waals surface area contributed by atoms with Gasteiger partial charge < -0.3 is 0 Å². The van der Waals surface area contributed by atoms with Gasteiger partial charge in [-0.15, -0.1) is 0 Å². The highest BCUT2D eigenvalue weighted by molar-refractivity contribution is 7.89. The summed E-state index contributed by atoms with van der Waals surface area (Å²) in [6.07, 6.45) is 18.0. The molecule has 21 heavy (non-hydrogen) atoms. The average Bonchev–Trinajstić information content (AvgIpc) is 2.82. The van der Waals surface area contributed by atoms with Crippen LogP contribution in [0.5, 0.6) is 0 Å². The summed E-state index contributed by atoms with van der Waals surface area (Å²) in [4.78, 5) is 0. The molecule has 0 nitrogen and oxygen atoms in total. The molecule has 106 valence electrons. The first kappa shape index (κ1) is 15.5. The predicted octanol–water partition coefficient (Wildman–Crippen LogP) is 5.62. The second kappa shape index (κ2) is 7.20. The summed E-state index contributed by atoms with van der Waals surface area (Å²) in [6.45, 7) is 10.2. The molecule has 0 heterocycles. The van der Waals surface area contributed by atoms with Gasteiger partial charge in [0.25, 0.3) is 0 Å². The van der Waals surface area contributed by atoms with Crippen molar-refractivity contribution in [1.82, 2.24) is 0 Å². The Morgan fingerprint density at radius 1 is 1.14 bits per heavy atom. The molecule has 0 aliphatic heterocycles. The maximum atomic E-state index is 4.03. The molecule has 0 amide bonds. The Bertz CT molecular complexity index is 629. The fourth-order valence-electron chi connectivity index (χ4n) is 2.56. The summed E-state index contributed by atoms with van der Waals surface area (Å²) in [5.41, 5.74) is 0. The molecule has 0 saturated heterocycles. The van der Waals surface area contributed by atoms with Gasteiger partial charge in [0.15, 0.2) is 0 Å². The number of hydrogen-bond acceptors (Lipinski definition) is 0. The summed E-state index contributed by atoms with van der Waals surface area (Å²) in [5, 5.41) is 3.99. The summed E-state index contributed by atoms with van der Waals surface area (Å²) in [6, 6.07) is 10.7. The molecule has 1 aliphatic rings. The quantitative estimate of drug-likeness (QED) is 0.488. The van der Waals surface area contributed by atoms with E-state index >= 15 is 0 Å². The number of benzene rings is 1. The highest BCUT2D eigenvalue weighted by Gasteiger charge is 2.41. The molecule has 0 N–H and O–H groups in total. The van der Waals surface area contributed by atoms with E-state index in [2.05, 4.69) is 86.6 Å². The molecular weight excluding hydrogens is 271 g/mol. The van der Waals surface area contributed by atoms with E-state index in [1.54, 1.807) is 0 Å². The molecule has 0 spiro atoms. The third kappa shape index (κ3) is 3.23. The SMILES string of the molecule is C=C/C=C(\C=C)[P+](C)(C1=CC=CCC=C1)c1ccccc1. The van der Waals surface area contributed by atoms with E-state index in [1.807, 2.05) is 12.2 Å². The average molecular weight is 293 g/mol. The normalized spacial score (nSPS) is 17.6. The van der Waals surface area contributed by atoms with E-state index in [9.17, 15) is 0 Å². The van der Waals surface area contributed by atoms with Gasteiger partial charge in [0, 0.05) is 0 Å². The van der Waals surface area contributed by atoms with Gasteiger partial charge >= 0.3 is 0 Å². The van der Waals surface area contributed by atoms with Crippen LogP contribution in [0.3, 0.4) is 0 Å². The Kier molecular flexibility index (Phi) is 5.31. The van der Waals surface area contributed by atoms with Gasteiger partial charge in [-0.3, -0.25) is 0 Å². The molecule has 0 fully saturated rings. The molecule has 1 aliphatic carbocycles. The second-order valence-electron chi connectivity index (χ2n) is 5.03. The monoisotopic (exact) mass is 293 g/mol. The lowest BCUT2D eigenvalue weighted by molar-refractivity contribution is 1.40. The lowest BCUT2D eigenvalue weighted by Crippen LogP contribution is -2.12. The van der Waals surface area contributed by atoms with Crippen LogP contribution in [0.4, 0.5) is 0 Å². The first-order valence-corrected chi connectivity index (χ1v) is 9.39. The molecule has 1 unspecified atom stereocenters. The lowest BCUT2D eigenvalue weighted by atomic mass is 10.4. The van der Waals surface area contributed by atoms with E-state index in [0.29, 0.717) is 0 Å². The van der Waals surface area contributed by atoms with Crippen molar-refractivity contribution in [1.29, 1.82) is 0 Å². The van der Waals surface area contributed by atoms with Crippen LogP contribution in [0.15, 0.2) is 103 Å². The molecule has 0 saturated carbocycles. The van der Waals surface area contributed by atoms with E-state index in [-0.39, 0.29) is 0 Å². The topological polar surface area (TPSA) is 0 Å². The molecule has 0 aromatic heterocycles. The zero-order chi connectivity index (χ0) is 15.1. The Labute approximate surface area is 128 Å². The number of hydrogen-bond donors (Lipinski definition) is 0. The highest BCUT2D eigenvalue weighted by atomic mass is 31.2. The fourth-order valence-corrected chi connectivity index (χ4v) is 5.78. The van der Waals surface area contributed by atoms with Crippen LogP contribution >= 0.6 is 7.26 Å². The van der Waals surface area contributed by atoms with Crippen LogP contribution in [0.1, 0.15) is 6.42 Å². The first-order chi connectivity index (χ1) is 10.2. The largest absolute Gasteiger partial charge is 0.109 e. The van der Waals surface area contributed by atoms with Crippen LogP contribution in [0, 0.1) is 0 Å². The molecule has 2 rings (SSSR count). The number of rotatable bonds is 5. The van der Waals surface area contributed by atoms with Gasteiger partial charge in [-0.25, -0.2) is 0 Å². The molecule has 1 atom stereocenters. The van der Waals surface area contributed by atoms with Gasteiger partial charge in [-0.1, -0.05) is 55.7 Å². The van der Waals surface area contributed by atoms with Gasteiger partial charge in [-0.05, 0) is 42.9 Å². The van der Waals surface area contributed by atoms with Crippen molar-refractivity contribution in [3.8, 4) is 0 Å². The molecule has 1 heteroatoms. The maximum absolute atomic E-state index is 4.03. The molecule has 0 bridgehead atoms. The van der Waals surface area contributed by atoms with Crippen molar-refractivity contribution in [2.75, 3.05) is 6.66 Å². The molecular formula is C20H22P+. The van der Waals surface area contributed by atoms with E-state index in [1.165, 1.54) is 15.9 Å². The summed E-state index contributed by atoms with van der Waals surface area (Å²) in [7, 11) is -1.66.